The fourth-order valence-corrected chi connectivity index (χ4v) is 5.03. The molecule has 3 aromatic rings. The zero-order chi connectivity index (χ0) is 38.7. The Morgan fingerprint density at radius 2 is 1.40 bits per heavy atom. The van der Waals surface area contributed by atoms with E-state index < -0.39 is 96.4 Å². The van der Waals surface area contributed by atoms with E-state index >= 15 is 0 Å². The fraction of sp³-hybridized carbons (Fsp3) is 0.371. The average molecular weight is 724 g/mol. The molecular formula is C35H41N5O12. The molecule has 17 heteroatoms. The summed E-state index contributed by atoms with van der Waals surface area (Å²) < 4.78 is 5.13. The lowest BCUT2D eigenvalue weighted by Gasteiger charge is -2.27. The van der Waals surface area contributed by atoms with Gasteiger partial charge < -0.3 is 46.3 Å². The van der Waals surface area contributed by atoms with Gasteiger partial charge in [-0.1, -0.05) is 26.0 Å². The highest BCUT2D eigenvalue weighted by molar-refractivity contribution is 6.01. The molecule has 0 aliphatic heterocycles. The van der Waals surface area contributed by atoms with Gasteiger partial charge in [-0.2, -0.15) is 0 Å². The van der Waals surface area contributed by atoms with Crippen LogP contribution in [0.5, 0.6) is 5.75 Å². The van der Waals surface area contributed by atoms with E-state index in [1.807, 2.05) is 0 Å². The molecule has 0 bridgehead atoms. The lowest BCUT2D eigenvalue weighted by atomic mass is 10.0. The number of rotatable bonds is 17. The molecule has 2 aromatic carbocycles. The highest BCUT2D eigenvalue weighted by atomic mass is 16.4. The van der Waals surface area contributed by atoms with Crippen molar-refractivity contribution >= 4 is 58.1 Å². The Morgan fingerprint density at radius 3 is 2.02 bits per heavy atom. The minimum absolute atomic E-state index is 0.0304. The van der Waals surface area contributed by atoms with Crippen LogP contribution in [-0.4, -0.2) is 81.0 Å². The van der Waals surface area contributed by atoms with Crippen LogP contribution in [0.25, 0.3) is 11.0 Å². The number of phenolic OH excluding ortho intramolecular Hbond substituents is 1. The monoisotopic (exact) mass is 723 g/mol. The number of hydrogen-bond acceptors (Lipinski definition) is 10. The smallest absolute Gasteiger partial charge is 0.336 e. The maximum Gasteiger partial charge on any atom is 0.336 e. The Kier molecular flexibility index (Phi) is 14.0. The third kappa shape index (κ3) is 12.0. The Morgan fingerprint density at radius 1 is 0.731 bits per heavy atom. The number of hydrogen-bond donors (Lipinski definition) is 8. The first-order chi connectivity index (χ1) is 24.4. The molecule has 0 saturated carbocycles. The maximum atomic E-state index is 13.4. The number of carboxylic acid groups (broad SMARTS) is 2. The van der Waals surface area contributed by atoms with E-state index in [9.17, 15) is 48.6 Å². The van der Waals surface area contributed by atoms with Crippen LogP contribution in [0.3, 0.4) is 0 Å². The zero-order valence-corrected chi connectivity index (χ0v) is 28.8. The number of fused-ring (bicyclic) bond motifs is 1. The van der Waals surface area contributed by atoms with Gasteiger partial charge in [0.15, 0.2) is 0 Å². The number of aromatic hydroxyl groups is 1. The van der Waals surface area contributed by atoms with Crippen molar-refractivity contribution in [3.8, 4) is 5.75 Å². The van der Waals surface area contributed by atoms with Crippen LogP contribution in [0, 0.1) is 12.8 Å². The molecule has 17 nitrogen and oxygen atoms in total. The van der Waals surface area contributed by atoms with E-state index in [4.69, 9.17) is 9.52 Å². The first-order valence-corrected chi connectivity index (χ1v) is 16.2. The topological polar surface area (TPSA) is 271 Å². The number of benzene rings is 2. The second-order valence-corrected chi connectivity index (χ2v) is 12.5. The highest BCUT2D eigenvalue weighted by Crippen LogP contribution is 2.21. The number of aryl methyl sites for hydroxylation is 1. The van der Waals surface area contributed by atoms with Gasteiger partial charge in [-0.15, -0.1) is 0 Å². The number of anilines is 1. The van der Waals surface area contributed by atoms with Gasteiger partial charge in [-0.25, -0.2) is 4.79 Å². The predicted molar refractivity (Wildman–Crippen MR) is 185 cm³/mol. The number of carboxylic acids is 2. The molecule has 0 spiro atoms. The van der Waals surface area contributed by atoms with Crippen LogP contribution in [0.1, 0.15) is 51.2 Å². The lowest BCUT2D eigenvalue weighted by Crippen LogP contribution is -2.59. The highest BCUT2D eigenvalue weighted by Gasteiger charge is 2.32. The number of phenols is 1. The molecule has 278 valence electrons. The first-order valence-electron chi connectivity index (χ1n) is 16.2. The van der Waals surface area contributed by atoms with Crippen molar-refractivity contribution in [2.24, 2.45) is 5.92 Å². The summed E-state index contributed by atoms with van der Waals surface area (Å²) in [7, 11) is 0. The molecule has 4 atom stereocenters. The quantitative estimate of drug-likeness (QED) is 0.0905. The van der Waals surface area contributed by atoms with Gasteiger partial charge in [-0.3, -0.25) is 33.6 Å². The van der Waals surface area contributed by atoms with Crippen molar-refractivity contribution in [3.63, 3.8) is 0 Å². The van der Waals surface area contributed by atoms with Crippen LogP contribution >= 0.6 is 0 Å². The van der Waals surface area contributed by atoms with Crippen molar-refractivity contribution in [1.82, 2.24) is 21.3 Å². The summed E-state index contributed by atoms with van der Waals surface area (Å²) in [5.74, 6) is -7.27. The summed E-state index contributed by atoms with van der Waals surface area (Å²) >= 11 is 0. The van der Waals surface area contributed by atoms with Crippen LogP contribution in [0.2, 0.25) is 0 Å². The number of nitrogens with one attached hydrogen (secondary N) is 5. The molecule has 1 aromatic heterocycles. The van der Waals surface area contributed by atoms with E-state index in [0.29, 0.717) is 16.5 Å². The van der Waals surface area contributed by atoms with Crippen molar-refractivity contribution in [3.05, 3.63) is 70.1 Å². The second-order valence-electron chi connectivity index (χ2n) is 12.5. The molecule has 8 N–H and O–H groups in total. The van der Waals surface area contributed by atoms with Crippen molar-refractivity contribution in [2.45, 2.75) is 77.5 Å². The number of amides is 5. The van der Waals surface area contributed by atoms with Crippen LogP contribution < -0.4 is 32.2 Å². The molecule has 0 saturated heterocycles. The lowest BCUT2D eigenvalue weighted by molar-refractivity contribution is -0.140. The third-order valence-electron chi connectivity index (χ3n) is 7.82. The average Bonchev–Trinajstić information content (AvgIpc) is 3.06. The number of carbonyl (C=O) groups is 7. The first kappa shape index (κ1) is 40.2. The molecule has 0 aliphatic carbocycles. The van der Waals surface area contributed by atoms with Gasteiger partial charge in [0.05, 0.1) is 12.8 Å². The maximum absolute atomic E-state index is 13.4. The van der Waals surface area contributed by atoms with E-state index in [2.05, 4.69) is 26.6 Å². The summed E-state index contributed by atoms with van der Waals surface area (Å²) in [6, 6.07) is 6.10. The van der Waals surface area contributed by atoms with Crippen LogP contribution in [-0.2, 0) is 40.0 Å². The SMILES string of the molecule is Cc1cc(=O)oc2ccc(NC(=O)[C@H](CC(=O)O)NC(=O)[C@H](C)NC(=O)[C@H](NC(=O)[C@@H](Cc3ccc(O)cc3)NC(=O)CCC(=O)O)C(C)C)cc12. The molecule has 0 radical (unpaired) electrons. The third-order valence-corrected chi connectivity index (χ3v) is 7.82. The summed E-state index contributed by atoms with van der Waals surface area (Å²) in [6.07, 6.45) is -1.75. The Bertz CT molecular complexity index is 1890. The molecule has 1 heterocycles. The summed E-state index contributed by atoms with van der Waals surface area (Å²) in [6.45, 7) is 6.19. The predicted octanol–water partition coefficient (Wildman–Crippen LogP) is 0.943. The minimum Gasteiger partial charge on any atom is -0.508 e. The zero-order valence-electron chi connectivity index (χ0n) is 28.8. The minimum atomic E-state index is -1.57. The van der Waals surface area contributed by atoms with Gasteiger partial charge >= 0.3 is 17.6 Å². The van der Waals surface area contributed by atoms with E-state index in [1.54, 1.807) is 20.8 Å². The summed E-state index contributed by atoms with van der Waals surface area (Å²) in [5.41, 5.74) is 1.07. The normalized spacial score (nSPS) is 13.2. The molecule has 0 unspecified atom stereocenters. The number of aliphatic carboxylic acids is 2. The molecule has 0 fully saturated rings. The van der Waals surface area contributed by atoms with Gasteiger partial charge in [0.2, 0.25) is 29.5 Å². The van der Waals surface area contributed by atoms with E-state index in [1.165, 1.54) is 55.5 Å². The molecule has 5 amide bonds. The Balaban J connectivity index is 1.70. The van der Waals surface area contributed by atoms with Crippen molar-refractivity contribution < 1.29 is 53.3 Å². The Labute approximate surface area is 297 Å². The van der Waals surface area contributed by atoms with Gasteiger partial charge in [0.25, 0.3) is 0 Å². The molecule has 52 heavy (non-hydrogen) atoms. The summed E-state index contributed by atoms with van der Waals surface area (Å²) in [4.78, 5) is 99.7. The molecule has 0 aliphatic rings. The largest absolute Gasteiger partial charge is 0.508 e. The van der Waals surface area contributed by atoms with Crippen molar-refractivity contribution in [2.75, 3.05) is 5.32 Å². The molecular weight excluding hydrogens is 682 g/mol. The standard InChI is InChI=1S/C35H41N5O12/c1-17(2)31(40-34(50)24(38-27(42)11-12-28(43)44)14-20-5-8-22(41)9-6-20)35(51)36-19(4)32(48)39-25(16-29(45)46)33(49)37-21-7-10-26-23(15-21)18(3)13-30(47)52-26/h5-10,13,15,17,19,24-25,31,41H,11-12,14,16H2,1-4H3,(H,36,51)(H,37,49)(H,38,42)(H,39,48)(H,40,50)(H,43,44)(H,45,46)/t19-,24+,25-,31+/m0/s1. The fourth-order valence-electron chi connectivity index (χ4n) is 5.03. The Hall–Kier alpha value is -6.26. The van der Waals surface area contributed by atoms with Crippen LogP contribution in [0.4, 0.5) is 5.69 Å². The van der Waals surface area contributed by atoms with Crippen molar-refractivity contribution in [1.29, 1.82) is 0 Å². The number of carbonyl (C=O) groups excluding carboxylic acids is 5. The second kappa shape index (κ2) is 18.1. The van der Waals surface area contributed by atoms with Crippen LogP contribution in [0.15, 0.2) is 57.7 Å². The summed E-state index contributed by atoms with van der Waals surface area (Å²) in [5, 5.41) is 40.8. The van der Waals surface area contributed by atoms with Gasteiger partial charge in [0, 0.05) is 30.0 Å². The van der Waals surface area contributed by atoms with E-state index in [0.717, 1.165) is 0 Å². The van der Waals surface area contributed by atoms with Gasteiger partial charge in [0.1, 0.15) is 35.5 Å². The van der Waals surface area contributed by atoms with Gasteiger partial charge in [-0.05, 0) is 61.2 Å². The van der Waals surface area contributed by atoms with E-state index in [-0.39, 0.29) is 23.4 Å². The molecule has 3 rings (SSSR count).